The van der Waals surface area contributed by atoms with E-state index in [1.807, 2.05) is 43.3 Å². The minimum Gasteiger partial charge on any atom is -0.481 e. The number of thiocarbonyl (C=S) groups is 1. The van der Waals surface area contributed by atoms with Gasteiger partial charge in [-0.2, -0.15) is 0 Å². The molecular weight excluding hydrogens is 432 g/mol. The molecule has 0 radical (unpaired) electrons. The highest BCUT2D eigenvalue weighted by Gasteiger charge is 2.25. The quantitative estimate of drug-likeness (QED) is 0.220. The van der Waals surface area contributed by atoms with Gasteiger partial charge in [-0.1, -0.05) is 75.6 Å². The number of carboxylic acids is 1. The number of rotatable bonds is 13. The minimum absolute atomic E-state index is 0.114. The van der Waals surface area contributed by atoms with Gasteiger partial charge in [0.1, 0.15) is 0 Å². The van der Waals surface area contributed by atoms with Crippen LogP contribution in [0.2, 0.25) is 0 Å². The van der Waals surface area contributed by atoms with E-state index in [1.165, 1.54) is 0 Å². The monoisotopic (exact) mass is 470 g/mol. The van der Waals surface area contributed by atoms with Crippen LogP contribution in [0.15, 0.2) is 48.5 Å². The molecule has 0 aromatic heterocycles. The normalized spacial score (nSPS) is 13.7. The predicted molar refractivity (Wildman–Crippen MR) is 140 cm³/mol. The zero-order valence-electron chi connectivity index (χ0n) is 20.1. The van der Waals surface area contributed by atoms with Crippen LogP contribution in [0.5, 0.6) is 0 Å². The predicted octanol–water partition coefficient (Wildman–Crippen LogP) is 5.76. The first-order valence-corrected chi connectivity index (χ1v) is 12.3. The van der Waals surface area contributed by atoms with Gasteiger partial charge < -0.3 is 20.8 Å². The zero-order chi connectivity index (χ0) is 24.3. The van der Waals surface area contributed by atoms with E-state index in [1.54, 1.807) is 0 Å². The maximum Gasteiger partial charge on any atom is 0.311 e. The fraction of sp³-hybridized carbons (Fsp3) is 0.481. The Labute approximate surface area is 203 Å². The summed E-state index contributed by atoms with van der Waals surface area (Å²) < 4.78 is 0. The van der Waals surface area contributed by atoms with Crippen LogP contribution in [0.1, 0.15) is 75.0 Å². The van der Waals surface area contributed by atoms with Crippen LogP contribution in [0.25, 0.3) is 0 Å². The summed E-state index contributed by atoms with van der Waals surface area (Å²) >= 11 is 5.49. The van der Waals surface area contributed by atoms with Crippen molar-refractivity contribution in [1.82, 2.24) is 5.32 Å². The van der Waals surface area contributed by atoms with E-state index in [0.717, 1.165) is 54.5 Å². The first-order valence-electron chi connectivity index (χ1n) is 11.9. The topological polar surface area (TPSA) is 81.6 Å². The second-order valence-corrected chi connectivity index (χ2v) is 9.40. The average molecular weight is 471 g/mol. The van der Waals surface area contributed by atoms with Crippen LogP contribution in [0.4, 0.5) is 5.69 Å². The highest BCUT2D eigenvalue weighted by Crippen LogP contribution is 2.32. The number of carbonyl (C=O) groups is 1. The van der Waals surface area contributed by atoms with Gasteiger partial charge in [-0.15, -0.1) is 0 Å². The molecule has 0 aliphatic carbocycles. The largest absolute Gasteiger partial charge is 0.481 e. The Morgan fingerprint density at radius 1 is 1.09 bits per heavy atom. The highest BCUT2D eigenvalue weighted by atomic mass is 32.1. The Balaban J connectivity index is 1.91. The highest BCUT2D eigenvalue weighted by molar-refractivity contribution is 7.80. The second kappa shape index (κ2) is 13.3. The number of benzene rings is 2. The van der Waals surface area contributed by atoms with Gasteiger partial charge in [-0.05, 0) is 61.2 Å². The van der Waals surface area contributed by atoms with E-state index in [4.69, 9.17) is 12.2 Å². The van der Waals surface area contributed by atoms with Crippen molar-refractivity contribution in [2.24, 2.45) is 0 Å². The van der Waals surface area contributed by atoms with Crippen molar-refractivity contribution in [1.29, 1.82) is 0 Å². The minimum atomic E-state index is -0.801. The number of nitrogens with one attached hydrogen (secondary N) is 2. The molecule has 4 N–H and O–H groups in total. The maximum atomic E-state index is 12.0. The van der Waals surface area contributed by atoms with E-state index in [0.29, 0.717) is 18.1 Å². The molecule has 0 heterocycles. The van der Waals surface area contributed by atoms with E-state index < -0.39 is 11.9 Å². The van der Waals surface area contributed by atoms with Gasteiger partial charge in [0.05, 0.1) is 12.5 Å². The third-order valence-corrected chi connectivity index (χ3v) is 6.57. The van der Waals surface area contributed by atoms with Crippen LogP contribution in [0.3, 0.4) is 0 Å². The number of carboxylic acid groups (broad SMARTS) is 1. The lowest BCUT2D eigenvalue weighted by Crippen LogP contribution is -2.31. The number of unbranched alkanes of at least 4 members (excludes halogenated alkanes) is 2. The van der Waals surface area contributed by atoms with Crippen molar-refractivity contribution >= 4 is 29.0 Å². The Morgan fingerprint density at radius 2 is 1.82 bits per heavy atom. The third kappa shape index (κ3) is 7.83. The molecule has 0 saturated heterocycles. The number of anilines is 1. The van der Waals surface area contributed by atoms with E-state index in [9.17, 15) is 15.0 Å². The molecule has 0 amide bonds. The van der Waals surface area contributed by atoms with Gasteiger partial charge in [0.15, 0.2) is 5.11 Å². The lowest BCUT2D eigenvalue weighted by Gasteiger charge is -2.28. The molecule has 2 unspecified atom stereocenters. The summed E-state index contributed by atoms with van der Waals surface area (Å²) in [6.45, 7) is 6.94. The Hall–Kier alpha value is -2.44. The zero-order valence-corrected chi connectivity index (χ0v) is 20.9. The Kier molecular flexibility index (Phi) is 10.8. The van der Waals surface area contributed by atoms with Crippen LogP contribution in [-0.4, -0.2) is 34.4 Å². The van der Waals surface area contributed by atoms with Gasteiger partial charge in [-0.3, -0.25) is 4.79 Å². The molecule has 0 fully saturated rings. The first kappa shape index (κ1) is 26.8. The van der Waals surface area contributed by atoms with Crippen molar-refractivity contribution < 1.29 is 15.0 Å². The number of aliphatic hydroxyl groups is 1. The summed E-state index contributed by atoms with van der Waals surface area (Å²) in [6, 6.07) is 15.9. The summed E-state index contributed by atoms with van der Waals surface area (Å²) in [5.41, 5.74) is 3.43. The van der Waals surface area contributed by atoms with Gasteiger partial charge in [0.2, 0.25) is 0 Å². The van der Waals surface area contributed by atoms with Crippen LogP contribution in [-0.2, 0) is 10.2 Å². The van der Waals surface area contributed by atoms with Crippen LogP contribution >= 0.6 is 12.2 Å². The van der Waals surface area contributed by atoms with E-state index >= 15 is 0 Å². The summed E-state index contributed by atoms with van der Waals surface area (Å²) in [6.07, 6.45) is 5.18. The summed E-state index contributed by atoms with van der Waals surface area (Å²) in [7, 11) is 0. The molecule has 2 aromatic rings. The van der Waals surface area contributed by atoms with E-state index in [-0.39, 0.29) is 12.0 Å². The van der Waals surface area contributed by atoms with Crippen molar-refractivity contribution in [2.45, 2.75) is 70.6 Å². The average Bonchev–Trinajstić information content (AvgIpc) is 2.80. The van der Waals surface area contributed by atoms with E-state index in [2.05, 4.69) is 36.6 Å². The molecule has 2 aromatic carbocycles. The first-order chi connectivity index (χ1) is 15.8. The summed E-state index contributed by atoms with van der Waals surface area (Å²) in [4.78, 5) is 12.0. The lowest BCUT2D eigenvalue weighted by atomic mass is 9.79. The third-order valence-electron chi connectivity index (χ3n) is 6.33. The molecule has 33 heavy (non-hydrogen) atoms. The van der Waals surface area contributed by atoms with Crippen molar-refractivity contribution in [3.63, 3.8) is 0 Å². The fourth-order valence-electron chi connectivity index (χ4n) is 4.22. The Bertz CT molecular complexity index is 903. The molecular formula is C27H38N2O3S. The molecule has 5 nitrogen and oxygen atoms in total. The Morgan fingerprint density at radius 3 is 2.45 bits per heavy atom. The van der Waals surface area contributed by atoms with Crippen molar-refractivity contribution in [3.05, 3.63) is 65.2 Å². The second-order valence-electron chi connectivity index (χ2n) is 8.99. The molecule has 6 heteroatoms. The number of hydrogen-bond donors (Lipinski definition) is 4. The number of aryl methyl sites for hydroxylation is 1. The molecule has 2 atom stereocenters. The number of aliphatic hydroxyl groups excluding tert-OH is 1. The standard InChI is InChI=1S/C27H38N2O3S/c1-4-5-15-22(25(31)32)24-20(2)12-11-16-23(24)29-26(33)28-18-10-9-17-27(3,19-30)21-13-7-6-8-14-21/h6-8,11-14,16,22,30H,4-5,9-10,15,17-19H2,1-3H3,(H,31,32)(H2,28,29,33). The molecule has 180 valence electrons. The van der Waals surface area contributed by atoms with Crippen molar-refractivity contribution in [2.75, 3.05) is 18.5 Å². The van der Waals surface area contributed by atoms with Gasteiger partial charge in [0, 0.05) is 17.6 Å². The van der Waals surface area contributed by atoms with Crippen molar-refractivity contribution in [3.8, 4) is 0 Å². The maximum absolute atomic E-state index is 12.0. The smallest absolute Gasteiger partial charge is 0.311 e. The molecule has 0 saturated carbocycles. The number of hydrogen-bond acceptors (Lipinski definition) is 3. The molecule has 0 aliphatic rings. The van der Waals surface area contributed by atoms with Gasteiger partial charge in [0.25, 0.3) is 0 Å². The SMILES string of the molecule is CCCCC(C(=O)O)c1c(C)cccc1NC(=S)NCCCCC(C)(CO)c1ccccc1. The van der Waals surface area contributed by atoms with Crippen LogP contribution in [0, 0.1) is 6.92 Å². The van der Waals surface area contributed by atoms with Gasteiger partial charge in [-0.25, -0.2) is 0 Å². The lowest BCUT2D eigenvalue weighted by molar-refractivity contribution is -0.139. The summed E-state index contributed by atoms with van der Waals surface area (Å²) in [5.74, 6) is -1.35. The summed E-state index contributed by atoms with van der Waals surface area (Å²) in [5, 5.41) is 26.7. The van der Waals surface area contributed by atoms with Crippen LogP contribution < -0.4 is 10.6 Å². The molecule has 2 rings (SSSR count). The molecule has 0 bridgehead atoms. The van der Waals surface area contributed by atoms with Gasteiger partial charge >= 0.3 is 5.97 Å². The number of aliphatic carboxylic acids is 1. The molecule has 0 spiro atoms. The fourth-order valence-corrected chi connectivity index (χ4v) is 4.43. The molecule has 0 aliphatic heterocycles.